The van der Waals surface area contributed by atoms with Gasteiger partial charge in [-0.05, 0) is 25.6 Å². The topological polar surface area (TPSA) is 93.5 Å². The number of fused-ring (bicyclic) bond motifs is 1. The third kappa shape index (κ3) is 6.01. The molecule has 1 amide bonds. The fraction of sp³-hybridized carbons (Fsp3) is 0.344. The molecule has 0 spiro atoms. The van der Waals surface area contributed by atoms with Crippen LogP contribution in [0.5, 0.6) is 5.88 Å². The number of hydrogen-bond acceptors (Lipinski definition) is 7. The Hall–Kier alpha value is -3.47. The van der Waals surface area contributed by atoms with Crippen molar-refractivity contribution in [2.45, 2.75) is 32.0 Å². The van der Waals surface area contributed by atoms with E-state index in [1.807, 2.05) is 54.1 Å². The number of ether oxygens (including phenoxy) is 2. The van der Waals surface area contributed by atoms with E-state index in [-0.39, 0.29) is 5.91 Å². The molecule has 0 radical (unpaired) electrons. The van der Waals surface area contributed by atoms with Gasteiger partial charge >= 0.3 is 0 Å². The van der Waals surface area contributed by atoms with Crippen molar-refractivity contribution in [2.75, 3.05) is 39.2 Å². The van der Waals surface area contributed by atoms with E-state index in [9.17, 15) is 4.79 Å². The minimum Gasteiger partial charge on any atom is -0.481 e. The van der Waals surface area contributed by atoms with Crippen LogP contribution in [0.15, 0.2) is 48.5 Å². The van der Waals surface area contributed by atoms with Crippen LogP contribution in [-0.4, -0.2) is 65.3 Å². The number of methoxy groups -OCH3 is 1. The number of benzene rings is 2. The van der Waals surface area contributed by atoms with Gasteiger partial charge in [-0.1, -0.05) is 59.6 Å². The average Bonchev–Trinajstić information content (AvgIpc) is 3.65. The molecule has 2 aliphatic heterocycles. The number of likely N-dealkylation sites (N-methyl/N-ethyl adjacent to an activating group) is 1. The van der Waals surface area contributed by atoms with Gasteiger partial charge in [-0.3, -0.25) is 4.79 Å². The number of pyridine rings is 1. The van der Waals surface area contributed by atoms with Gasteiger partial charge in [0, 0.05) is 73.7 Å². The average molecular weight is 622 g/mol. The summed E-state index contributed by atoms with van der Waals surface area (Å²) >= 11 is 13.9. The normalized spacial score (nSPS) is 16.7. The van der Waals surface area contributed by atoms with Crippen LogP contribution in [0.4, 0.5) is 5.69 Å². The van der Waals surface area contributed by atoms with Crippen LogP contribution in [0.3, 0.4) is 0 Å². The maximum Gasteiger partial charge on any atom is 0.291 e. The van der Waals surface area contributed by atoms with Crippen molar-refractivity contribution in [3.05, 3.63) is 81.4 Å². The fourth-order valence-corrected chi connectivity index (χ4v) is 6.29. The first-order valence-corrected chi connectivity index (χ1v) is 15.1. The van der Waals surface area contributed by atoms with E-state index in [0.717, 1.165) is 60.6 Å². The highest BCUT2D eigenvalue weighted by Gasteiger charge is 2.25. The van der Waals surface area contributed by atoms with Gasteiger partial charge in [-0.25, -0.2) is 9.97 Å². The zero-order chi connectivity index (χ0) is 30.1. The zero-order valence-corrected chi connectivity index (χ0v) is 25.9. The maximum absolute atomic E-state index is 13.3. The molecule has 4 aromatic rings. The maximum atomic E-state index is 13.3. The fourth-order valence-electron chi connectivity index (χ4n) is 5.69. The van der Waals surface area contributed by atoms with Crippen molar-refractivity contribution in [1.82, 2.24) is 24.8 Å². The smallest absolute Gasteiger partial charge is 0.291 e. The number of amides is 1. The summed E-state index contributed by atoms with van der Waals surface area (Å²) in [5, 5.41) is 7.35. The molecule has 2 aliphatic rings. The Morgan fingerprint density at radius 1 is 1.05 bits per heavy atom. The van der Waals surface area contributed by atoms with Crippen molar-refractivity contribution in [3.8, 4) is 28.3 Å². The molecule has 11 heteroatoms. The Labute approximate surface area is 261 Å². The third-order valence-corrected chi connectivity index (χ3v) is 8.92. The molecule has 2 N–H and O–H groups in total. The van der Waals surface area contributed by atoms with Crippen molar-refractivity contribution < 1.29 is 14.3 Å². The van der Waals surface area contributed by atoms with Gasteiger partial charge in [0.1, 0.15) is 0 Å². The second kappa shape index (κ2) is 12.6. The summed E-state index contributed by atoms with van der Waals surface area (Å²) in [6.45, 7) is 3.78. The van der Waals surface area contributed by atoms with Crippen LogP contribution >= 0.6 is 23.2 Å². The summed E-state index contributed by atoms with van der Waals surface area (Å²) in [6.07, 6.45) is 1.84. The minimum atomic E-state index is -0.315. The molecule has 9 nitrogen and oxygen atoms in total. The number of carbonyl (C=O) groups is 1. The van der Waals surface area contributed by atoms with E-state index >= 15 is 0 Å². The SMILES string of the molecule is COc1nc(-c2cccc(-c3cccc(NC(=O)c4nc5c(n4C)CCN(C)C5)c3Cl)c2Cl)ccc1CNC1CCOC1. The van der Waals surface area contributed by atoms with Gasteiger partial charge in [0.05, 0.1) is 40.8 Å². The van der Waals surface area contributed by atoms with Crippen LogP contribution in [0.1, 0.15) is 34.0 Å². The van der Waals surface area contributed by atoms with Crippen molar-refractivity contribution >= 4 is 34.8 Å². The minimum absolute atomic E-state index is 0.315. The lowest BCUT2D eigenvalue weighted by Gasteiger charge is -2.21. The van der Waals surface area contributed by atoms with Crippen LogP contribution in [0.2, 0.25) is 10.0 Å². The van der Waals surface area contributed by atoms with Crippen LogP contribution in [0, 0.1) is 0 Å². The number of rotatable bonds is 8. The van der Waals surface area contributed by atoms with Crippen molar-refractivity contribution in [1.29, 1.82) is 0 Å². The second-order valence-corrected chi connectivity index (χ2v) is 11.7. The van der Waals surface area contributed by atoms with Crippen LogP contribution in [0.25, 0.3) is 22.4 Å². The predicted octanol–water partition coefficient (Wildman–Crippen LogP) is 5.58. The van der Waals surface area contributed by atoms with E-state index in [4.69, 9.17) is 37.7 Å². The first-order chi connectivity index (χ1) is 20.8. The first-order valence-electron chi connectivity index (χ1n) is 14.3. The molecular weight excluding hydrogens is 587 g/mol. The lowest BCUT2D eigenvalue weighted by atomic mass is 10.00. The molecule has 1 fully saturated rings. The number of aromatic nitrogens is 3. The Kier molecular flexibility index (Phi) is 8.70. The highest BCUT2D eigenvalue weighted by molar-refractivity contribution is 6.39. The number of halogens is 2. The van der Waals surface area contributed by atoms with Gasteiger partial charge in [0.25, 0.3) is 5.91 Å². The number of nitrogens with one attached hydrogen (secondary N) is 2. The summed E-state index contributed by atoms with van der Waals surface area (Å²) in [7, 11) is 5.55. The highest BCUT2D eigenvalue weighted by Crippen LogP contribution is 2.41. The van der Waals surface area contributed by atoms with Crippen molar-refractivity contribution in [3.63, 3.8) is 0 Å². The molecule has 224 valence electrons. The molecule has 0 bridgehead atoms. The molecule has 0 saturated carbocycles. The summed E-state index contributed by atoms with van der Waals surface area (Å²) in [5.41, 5.74) is 6.30. The number of carbonyl (C=O) groups excluding carboxylic acids is 1. The molecule has 2 aromatic heterocycles. The Morgan fingerprint density at radius 3 is 2.58 bits per heavy atom. The molecule has 1 atom stereocenters. The van der Waals surface area contributed by atoms with Crippen molar-refractivity contribution in [2.24, 2.45) is 7.05 Å². The monoisotopic (exact) mass is 620 g/mol. The quantitative estimate of drug-likeness (QED) is 0.265. The van der Waals surface area contributed by atoms with E-state index < -0.39 is 0 Å². The predicted molar refractivity (Wildman–Crippen MR) is 169 cm³/mol. The number of imidazole rings is 1. The van der Waals surface area contributed by atoms with Gasteiger partial charge in [0.15, 0.2) is 5.82 Å². The molecule has 1 unspecified atom stereocenters. The Balaban J connectivity index is 1.26. The van der Waals surface area contributed by atoms with E-state index in [2.05, 4.69) is 27.6 Å². The first kappa shape index (κ1) is 29.6. The summed E-state index contributed by atoms with van der Waals surface area (Å²) in [6, 6.07) is 15.5. The van der Waals surface area contributed by atoms with E-state index in [1.165, 1.54) is 0 Å². The van der Waals surface area contributed by atoms with Crippen LogP contribution in [-0.2, 0) is 31.3 Å². The van der Waals surface area contributed by atoms with E-state index in [1.54, 1.807) is 13.2 Å². The largest absolute Gasteiger partial charge is 0.481 e. The summed E-state index contributed by atoms with van der Waals surface area (Å²) in [5.74, 6) is 0.581. The molecule has 4 heterocycles. The lowest BCUT2D eigenvalue weighted by molar-refractivity contribution is 0.101. The molecule has 43 heavy (non-hydrogen) atoms. The second-order valence-electron chi connectivity index (χ2n) is 11.0. The Bertz CT molecular complexity index is 1670. The molecule has 6 rings (SSSR count). The number of nitrogens with zero attached hydrogens (tertiary/aromatic N) is 4. The van der Waals surface area contributed by atoms with Gasteiger partial charge in [-0.2, -0.15) is 0 Å². The molecular formula is C32H34Cl2N6O3. The lowest BCUT2D eigenvalue weighted by Crippen LogP contribution is -2.28. The zero-order valence-electron chi connectivity index (χ0n) is 24.4. The number of anilines is 1. The van der Waals surface area contributed by atoms with Crippen LogP contribution < -0.4 is 15.4 Å². The van der Waals surface area contributed by atoms with Gasteiger partial charge < -0.3 is 29.6 Å². The van der Waals surface area contributed by atoms with E-state index in [0.29, 0.717) is 57.9 Å². The highest BCUT2D eigenvalue weighted by atomic mass is 35.5. The molecule has 2 aromatic carbocycles. The summed E-state index contributed by atoms with van der Waals surface area (Å²) in [4.78, 5) is 24.9. The third-order valence-electron chi connectivity index (χ3n) is 8.10. The van der Waals surface area contributed by atoms with Gasteiger partial charge in [-0.15, -0.1) is 0 Å². The standard InChI is InChI=1S/C32H34Cl2N6O3/c1-39-14-12-27-26(17-39)36-30(40(27)2)31(41)37-25-9-5-7-22(29(25)34)21-6-4-8-23(28(21)33)24-11-10-19(32(38-24)42-3)16-35-20-13-15-43-18-20/h4-11,20,35H,12-18H2,1-3H3,(H,37,41). The summed E-state index contributed by atoms with van der Waals surface area (Å²) < 4.78 is 13.0. The number of hydrogen-bond donors (Lipinski definition) is 2. The Morgan fingerprint density at radius 2 is 1.81 bits per heavy atom. The molecule has 1 saturated heterocycles. The molecule has 0 aliphatic carbocycles. The van der Waals surface area contributed by atoms with Gasteiger partial charge in [0.2, 0.25) is 5.88 Å².